The summed E-state index contributed by atoms with van der Waals surface area (Å²) in [6, 6.07) is 4.13. The molecule has 0 radical (unpaired) electrons. The summed E-state index contributed by atoms with van der Waals surface area (Å²) >= 11 is 1.36. The van der Waals surface area contributed by atoms with Gasteiger partial charge in [0.05, 0.1) is 10.5 Å². The van der Waals surface area contributed by atoms with E-state index in [4.69, 9.17) is 4.74 Å². The van der Waals surface area contributed by atoms with E-state index >= 15 is 0 Å². The number of benzene rings is 1. The highest BCUT2D eigenvalue weighted by molar-refractivity contribution is 7.17. The second-order valence-corrected chi connectivity index (χ2v) is 7.96. The molecule has 1 aromatic heterocycles. The minimum Gasteiger partial charge on any atom is -0.454 e. The second kappa shape index (κ2) is 8.52. The van der Waals surface area contributed by atoms with Gasteiger partial charge in [-0.25, -0.2) is 4.79 Å². The molecule has 0 fully saturated rings. The Kier molecular flexibility index (Phi) is 6.07. The van der Waals surface area contributed by atoms with Crippen LogP contribution in [-0.4, -0.2) is 29.2 Å². The van der Waals surface area contributed by atoms with E-state index in [0.29, 0.717) is 22.5 Å². The molecule has 0 atom stereocenters. The Morgan fingerprint density at radius 2 is 1.97 bits per heavy atom. The van der Waals surface area contributed by atoms with Crippen LogP contribution in [0.15, 0.2) is 18.2 Å². The first-order chi connectivity index (χ1) is 13.8. The number of aryl methyl sites for hydroxylation is 2. The lowest BCUT2D eigenvalue weighted by Gasteiger charge is -2.12. The standard InChI is InChI=1S/C20H20N2O6S/c1-11-7-8-13(9-15(11)22(26)27)16(24)10-28-20(25)18-14-5-3-4-6-17(14)29-19(18)21-12(2)23/h7-9H,3-6,10H2,1-2H3,(H,21,23). The smallest absolute Gasteiger partial charge is 0.341 e. The number of ether oxygens (including phenoxy) is 1. The van der Waals surface area contributed by atoms with E-state index in [-0.39, 0.29) is 17.2 Å². The summed E-state index contributed by atoms with van der Waals surface area (Å²) in [6.07, 6.45) is 3.52. The molecule has 9 heteroatoms. The Bertz CT molecular complexity index is 1010. The molecule has 1 N–H and O–H groups in total. The van der Waals surface area contributed by atoms with Crippen LogP contribution in [0, 0.1) is 17.0 Å². The molecule has 0 spiro atoms. The van der Waals surface area contributed by atoms with Crippen LogP contribution >= 0.6 is 11.3 Å². The van der Waals surface area contributed by atoms with E-state index in [1.54, 1.807) is 6.92 Å². The number of ketones is 1. The fourth-order valence-corrected chi connectivity index (χ4v) is 4.62. The fraction of sp³-hybridized carbons (Fsp3) is 0.350. The van der Waals surface area contributed by atoms with Crippen molar-refractivity contribution in [2.45, 2.75) is 39.5 Å². The Balaban J connectivity index is 1.78. The summed E-state index contributed by atoms with van der Waals surface area (Å²) < 4.78 is 5.22. The van der Waals surface area contributed by atoms with E-state index in [1.807, 2.05) is 0 Å². The maximum Gasteiger partial charge on any atom is 0.341 e. The molecule has 1 aromatic carbocycles. The summed E-state index contributed by atoms with van der Waals surface area (Å²) in [5.74, 6) is -1.50. The van der Waals surface area contributed by atoms with Gasteiger partial charge in [-0.3, -0.25) is 19.7 Å². The maximum atomic E-state index is 12.7. The highest BCUT2D eigenvalue weighted by atomic mass is 32.1. The lowest BCUT2D eigenvalue weighted by atomic mass is 9.95. The number of esters is 1. The average Bonchev–Trinajstić information content (AvgIpc) is 3.03. The molecular formula is C20H20N2O6S. The minimum atomic E-state index is -0.678. The molecule has 1 heterocycles. The molecule has 2 aromatic rings. The third-order valence-electron chi connectivity index (χ3n) is 4.73. The predicted molar refractivity (Wildman–Crippen MR) is 108 cm³/mol. The number of Topliss-reactive ketones (excluding diaryl/α,β-unsaturated/α-hetero) is 1. The number of hydrogen-bond acceptors (Lipinski definition) is 7. The first kappa shape index (κ1) is 20.7. The van der Waals surface area contributed by atoms with Gasteiger partial charge in [-0.2, -0.15) is 0 Å². The van der Waals surface area contributed by atoms with Crippen molar-refractivity contribution in [1.82, 2.24) is 0 Å². The maximum absolute atomic E-state index is 12.7. The number of nitro benzene ring substituents is 1. The molecule has 0 saturated carbocycles. The van der Waals surface area contributed by atoms with Crippen LogP contribution in [0.4, 0.5) is 10.7 Å². The Morgan fingerprint density at radius 3 is 2.66 bits per heavy atom. The summed E-state index contributed by atoms with van der Waals surface area (Å²) in [7, 11) is 0. The summed E-state index contributed by atoms with van der Waals surface area (Å²) in [5, 5.41) is 14.2. The number of carbonyl (C=O) groups is 3. The van der Waals surface area contributed by atoms with Gasteiger partial charge in [-0.05, 0) is 38.2 Å². The summed E-state index contributed by atoms with van der Waals surface area (Å²) in [6.45, 7) is 2.40. The topological polar surface area (TPSA) is 116 Å². The number of nitrogens with zero attached hydrogens (tertiary/aromatic N) is 1. The molecule has 1 aliphatic carbocycles. The van der Waals surface area contributed by atoms with Gasteiger partial charge in [-0.1, -0.05) is 12.1 Å². The van der Waals surface area contributed by atoms with Crippen LogP contribution in [0.5, 0.6) is 0 Å². The number of fused-ring (bicyclic) bond motifs is 1. The van der Waals surface area contributed by atoms with Gasteiger partial charge in [0.15, 0.2) is 6.61 Å². The van der Waals surface area contributed by atoms with Crippen molar-refractivity contribution in [3.8, 4) is 0 Å². The molecule has 0 bridgehead atoms. The molecule has 0 aliphatic heterocycles. The lowest BCUT2D eigenvalue weighted by molar-refractivity contribution is -0.385. The second-order valence-electron chi connectivity index (χ2n) is 6.85. The normalized spacial score (nSPS) is 12.8. The molecule has 3 rings (SSSR count). The van der Waals surface area contributed by atoms with Crippen molar-refractivity contribution in [3.05, 3.63) is 55.4 Å². The molecule has 0 unspecified atom stereocenters. The van der Waals surface area contributed by atoms with Crippen LogP contribution in [-0.2, 0) is 22.4 Å². The Labute approximate surface area is 171 Å². The summed E-state index contributed by atoms with van der Waals surface area (Å²) in [5.41, 5.74) is 1.55. The monoisotopic (exact) mass is 416 g/mol. The van der Waals surface area contributed by atoms with Crippen molar-refractivity contribution in [2.75, 3.05) is 11.9 Å². The average molecular weight is 416 g/mol. The molecule has 29 heavy (non-hydrogen) atoms. The van der Waals surface area contributed by atoms with Gasteiger partial charge in [0.25, 0.3) is 5.69 Å². The van der Waals surface area contributed by atoms with E-state index in [0.717, 1.165) is 29.7 Å². The molecule has 152 valence electrons. The van der Waals surface area contributed by atoms with Gasteiger partial charge in [0.2, 0.25) is 11.7 Å². The van der Waals surface area contributed by atoms with E-state index in [2.05, 4.69) is 5.32 Å². The van der Waals surface area contributed by atoms with Crippen molar-refractivity contribution < 1.29 is 24.0 Å². The van der Waals surface area contributed by atoms with Crippen LogP contribution in [0.2, 0.25) is 0 Å². The molecule has 8 nitrogen and oxygen atoms in total. The van der Waals surface area contributed by atoms with Crippen molar-refractivity contribution in [1.29, 1.82) is 0 Å². The van der Waals surface area contributed by atoms with E-state index in [9.17, 15) is 24.5 Å². The molecular weight excluding hydrogens is 396 g/mol. The first-order valence-electron chi connectivity index (χ1n) is 9.15. The Hall–Kier alpha value is -3.07. The minimum absolute atomic E-state index is 0.101. The van der Waals surface area contributed by atoms with Crippen molar-refractivity contribution >= 4 is 39.7 Å². The zero-order valence-electron chi connectivity index (χ0n) is 16.1. The first-order valence-corrected chi connectivity index (χ1v) is 9.97. The number of amides is 1. The van der Waals surface area contributed by atoms with Crippen LogP contribution in [0.1, 0.15) is 56.5 Å². The zero-order valence-corrected chi connectivity index (χ0v) is 16.9. The molecule has 1 amide bonds. The number of carbonyl (C=O) groups excluding carboxylic acids is 3. The highest BCUT2D eigenvalue weighted by Gasteiger charge is 2.27. The van der Waals surface area contributed by atoms with Crippen molar-refractivity contribution in [2.24, 2.45) is 0 Å². The number of hydrogen-bond donors (Lipinski definition) is 1. The van der Waals surface area contributed by atoms with Gasteiger partial charge in [0.1, 0.15) is 5.00 Å². The molecule has 0 saturated heterocycles. The fourth-order valence-electron chi connectivity index (χ4n) is 3.30. The Morgan fingerprint density at radius 1 is 1.24 bits per heavy atom. The number of anilines is 1. The van der Waals surface area contributed by atoms with Crippen molar-refractivity contribution in [3.63, 3.8) is 0 Å². The van der Waals surface area contributed by atoms with Crippen LogP contribution < -0.4 is 5.32 Å². The van der Waals surface area contributed by atoms with Gasteiger partial charge < -0.3 is 10.1 Å². The van der Waals surface area contributed by atoms with Crippen LogP contribution in [0.3, 0.4) is 0 Å². The summed E-state index contributed by atoms with van der Waals surface area (Å²) in [4.78, 5) is 48.2. The number of nitro groups is 1. The number of nitrogens with one attached hydrogen (secondary N) is 1. The largest absolute Gasteiger partial charge is 0.454 e. The SMILES string of the molecule is CC(=O)Nc1sc2c(c1C(=O)OCC(=O)c1ccc(C)c([N+](=O)[O-])c1)CCCC2. The highest BCUT2D eigenvalue weighted by Crippen LogP contribution is 2.38. The number of rotatable bonds is 6. The van der Waals surface area contributed by atoms with Crippen LogP contribution in [0.25, 0.3) is 0 Å². The van der Waals surface area contributed by atoms with Gasteiger partial charge >= 0.3 is 5.97 Å². The van der Waals surface area contributed by atoms with E-state index in [1.165, 1.54) is 36.5 Å². The third-order valence-corrected chi connectivity index (χ3v) is 5.93. The molecule has 1 aliphatic rings. The van der Waals surface area contributed by atoms with Gasteiger partial charge in [-0.15, -0.1) is 11.3 Å². The lowest BCUT2D eigenvalue weighted by Crippen LogP contribution is -2.17. The third kappa shape index (κ3) is 4.51. The number of thiophene rings is 1. The quantitative estimate of drug-likeness (QED) is 0.331. The zero-order chi connectivity index (χ0) is 21.1. The van der Waals surface area contributed by atoms with E-state index < -0.39 is 23.3 Å². The van der Waals surface area contributed by atoms with Gasteiger partial charge in [0, 0.05) is 29.0 Å². The predicted octanol–water partition coefficient (Wildman–Crippen LogP) is 3.84.